The van der Waals surface area contributed by atoms with E-state index in [1.54, 1.807) is 6.07 Å². The first-order chi connectivity index (χ1) is 11.2. The number of nitrogens with zero attached hydrogens (tertiary/aromatic N) is 3. The van der Waals surface area contributed by atoms with Crippen molar-refractivity contribution in [3.05, 3.63) is 53.5 Å². The summed E-state index contributed by atoms with van der Waals surface area (Å²) < 4.78 is 7.06. The highest BCUT2D eigenvalue weighted by Crippen LogP contribution is 2.25. The molecule has 0 bridgehead atoms. The number of nitrogens with one attached hydrogen (secondary N) is 1. The zero-order chi connectivity index (χ0) is 15.8. The average molecular weight is 324 g/mol. The smallest absolute Gasteiger partial charge is 0.280 e. The third-order valence-corrected chi connectivity index (χ3v) is 4.40. The number of amides is 1. The van der Waals surface area contributed by atoms with E-state index in [0.29, 0.717) is 11.7 Å². The molecule has 0 aliphatic carbocycles. The van der Waals surface area contributed by atoms with Crippen LogP contribution in [-0.2, 0) is 7.05 Å². The summed E-state index contributed by atoms with van der Waals surface area (Å²) in [5.41, 5.74) is 1.99. The molecule has 0 fully saturated rings. The molecule has 0 saturated heterocycles. The quantitative estimate of drug-likeness (QED) is 0.625. The summed E-state index contributed by atoms with van der Waals surface area (Å²) in [4.78, 5) is 17.7. The van der Waals surface area contributed by atoms with Gasteiger partial charge in [0.05, 0.1) is 15.9 Å². The first-order valence-corrected chi connectivity index (χ1v) is 7.84. The van der Waals surface area contributed by atoms with Crippen LogP contribution in [0.5, 0.6) is 0 Å². The zero-order valence-corrected chi connectivity index (χ0v) is 13.0. The van der Waals surface area contributed by atoms with E-state index in [1.165, 1.54) is 11.3 Å². The largest absolute Gasteiger partial charge is 0.355 e. The third-order valence-electron chi connectivity index (χ3n) is 3.52. The second-order valence-corrected chi connectivity index (χ2v) is 5.94. The highest BCUT2D eigenvalue weighted by atomic mass is 32.1. The summed E-state index contributed by atoms with van der Waals surface area (Å²) in [7, 11) is 1.85. The fraction of sp³-hybridized carbons (Fsp3) is 0.0625. The van der Waals surface area contributed by atoms with Gasteiger partial charge in [-0.3, -0.25) is 10.1 Å². The lowest BCUT2D eigenvalue weighted by molar-refractivity contribution is 0.101. The molecule has 7 heteroatoms. The lowest BCUT2D eigenvalue weighted by atomic mass is 10.3. The van der Waals surface area contributed by atoms with Crippen molar-refractivity contribution >= 4 is 34.2 Å². The predicted octanol–water partition coefficient (Wildman–Crippen LogP) is 3.54. The molecule has 114 valence electrons. The number of carbonyl (C=O) groups excluding carboxylic acids is 1. The van der Waals surface area contributed by atoms with Crippen LogP contribution < -0.4 is 5.32 Å². The van der Waals surface area contributed by atoms with Gasteiger partial charge >= 0.3 is 0 Å². The normalized spacial score (nSPS) is 11.0. The SMILES string of the molecule is Cn1c(NC(=O)c2cc(-c3cccs3)on2)nc2ccccc21. The average Bonchev–Trinajstić information content (AvgIpc) is 3.28. The van der Waals surface area contributed by atoms with Crippen molar-refractivity contribution in [1.82, 2.24) is 14.7 Å². The topological polar surface area (TPSA) is 73.0 Å². The van der Waals surface area contributed by atoms with E-state index in [9.17, 15) is 4.79 Å². The molecule has 0 radical (unpaired) electrons. The lowest BCUT2D eigenvalue weighted by Gasteiger charge is -2.02. The van der Waals surface area contributed by atoms with Gasteiger partial charge in [0.25, 0.3) is 5.91 Å². The highest BCUT2D eigenvalue weighted by Gasteiger charge is 2.17. The molecule has 3 aromatic heterocycles. The molecule has 4 rings (SSSR count). The van der Waals surface area contributed by atoms with Gasteiger partial charge in [-0.1, -0.05) is 23.4 Å². The number of anilines is 1. The first kappa shape index (κ1) is 13.7. The Morgan fingerprint density at radius 1 is 1.26 bits per heavy atom. The van der Waals surface area contributed by atoms with Crippen LogP contribution in [0.1, 0.15) is 10.5 Å². The minimum absolute atomic E-state index is 0.223. The van der Waals surface area contributed by atoms with Crippen LogP contribution in [0.2, 0.25) is 0 Å². The van der Waals surface area contributed by atoms with Crippen LogP contribution in [0, 0.1) is 0 Å². The highest BCUT2D eigenvalue weighted by molar-refractivity contribution is 7.13. The van der Waals surface area contributed by atoms with Crippen LogP contribution in [-0.4, -0.2) is 20.6 Å². The molecule has 1 aromatic carbocycles. The fourth-order valence-electron chi connectivity index (χ4n) is 2.34. The number of thiophene rings is 1. The molecule has 3 heterocycles. The fourth-order valence-corrected chi connectivity index (χ4v) is 3.01. The van der Waals surface area contributed by atoms with Crippen LogP contribution in [0.4, 0.5) is 5.95 Å². The summed E-state index contributed by atoms with van der Waals surface area (Å²) >= 11 is 1.53. The van der Waals surface area contributed by atoms with Crippen LogP contribution in [0.15, 0.2) is 52.4 Å². The Balaban J connectivity index is 1.61. The van der Waals surface area contributed by atoms with E-state index in [4.69, 9.17) is 4.52 Å². The van der Waals surface area contributed by atoms with E-state index in [-0.39, 0.29) is 11.6 Å². The Kier molecular flexibility index (Phi) is 3.20. The second kappa shape index (κ2) is 5.36. The number of para-hydroxylation sites is 2. The van der Waals surface area contributed by atoms with Gasteiger partial charge in [0.2, 0.25) is 5.95 Å². The van der Waals surface area contributed by atoms with Crippen molar-refractivity contribution in [1.29, 1.82) is 0 Å². The summed E-state index contributed by atoms with van der Waals surface area (Å²) in [5, 5.41) is 8.54. The Labute approximate surface area is 135 Å². The van der Waals surface area contributed by atoms with Crippen LogP contribution in [0.25, 0.3) is 21.7 Å². The number of aryl methyl sites for hydroxylation is 1. The molecule has 4 aromatic rings. The van der Waals surface area contributed by atoms with Crippen molar-refractivity contribution < 1.29 is 9.32 Å². The van der Waals surface area contributed by atoms with Gasteiger partial charge in [-0.2, -0.15) is 0 Å². The Hall–Kier alpha value is -2.93. The molecule has 6 nitrogen and oxygen atoms in total. The molecule has 0 aliphatic rings. The number of imidazole rings is 1. The molecular weight excluding hydrogens is 312 g/mol. The van der Waals surface area contributed by atoms with Crippen molar-refractivity contribution in [3.8, 4) is 10.6 Å². The van der Waals surface area contributed by atoms with Crippen molar-refractivity contribution in [3.63, 3.8) is 0 Å². The number of rotatable bonds is 3. The maximum absolute atomic E-state index is 12.3. The molecule has 1 N–H and O–H groups in total. The molecular formula is C16H12N4O2S. The van der Waals surface area contributed by atoms with Crippen LogP contribution >= 0.6 is 11.3 Å². The third kappa shape index (κ3) is 2.40. The number of aromatic nitrogens is 3. The van der Waals surface area contributed by atoms with Gasteiger partial charge in [-0.05, 0) is 23.6 Å². The second-order valence-electron chi connectivity index (χ2n) is 4.99. The van der Waals surface area contributed by atoms with Gasteiger partial charge in [-0.15, -0.1) is 11.3 Å². The number of fused-ring (bicyclic) bond motifs is 1. The maximum Gasteiger partial charge on any atom is 0.280 e. The van der Waals surface area contributed by atoms with E-state index in [1.807, 2.05) is 53.4 Å². The Morgan fingerprint density at radius 2 is 2.13 bits per heavy atom. The molecule has 0 saturated carbocycles. The number of hydrogen-bond acceptors (Lipinski definition) is 5. The molecule has 23 heavy (non-hydrogen) atoms. The van der Waals surface area contributed by atoms with Gasteiger partial charge in [0, 0.05) is 13.1 Å². The summed E-state index contributed by atoms with van der Waals surface area (Å²) in [6, 6.07) is 13.1. The van der Waals surface area contributed by atoms with Crippen molar-refractivity contribution in [2.75, 3.05) is 5.32 Å². The van der Waals surface area contributed by atoms with Gasteiger partial charge < -0.3 is 9.09 Å². The molecule has 0 spiro atoms. The predicted molar refractivity (Wildman–Crippen MR) is 88.5 cm³/mol. The summed E-state index contributed by atoms with van der Waals surface area (Å²) in [6.45, 7) is 0. The zero-order valence-electron chi connectivity index (χ0n) is 12.2. The molecule has 0 unspecified atom stereocenters. The standard InChI is InChI=1S/C16H12N4O2S/c1-20-12-6-3-2-5-10(12)17-16(20)18-15(21)11-9-13(22-19-11)14-7-4-8-23-14/h2-9H,1H3,(H,17,18,21). The molecule has 0 aliphatic heterocycles. The molecule has 0 atom stereocenters. The Bertz CT molecular complexity index is 985. The van der Waals surface area contributed by atoms with Gasteiger partial charge in [0.1, 0.15) is 0 Å². The Morgan fingerprint density at radius 3 is 2.91 bits per heavy atom. The lowest BCUT2D eigenvalue weighted by Crippen LogP contribution is -2.15. The monoisotopic (exact) mass is 324 g/mol. The number of carbonyl (C=O) groups is 1. The minimum Gasteiger partial charge on any atom is -0.355 e. The number of benzene rings is 1. The summed E-state index contributed by atoms with van der Waals surface area (Å²) in [5.74, 6) is 0.696. The summed E-state index contributed by atoms with van der Waals surface area (Å²) in [6.07, 6.45) is 0. The number of hydrogen-bond donors (Lipinski definition) is 1. The van der Waals surface area contributed by atoms with Gasteiger partial charge in [-0.25, -0.2) is 4.98 Å². The van der Waals surface area contributed by atoms with E-state index >= 15 is 0 Å². The van der Waals surface area contributed by atoms with Crippen molar-refractivity contribution in [2.24, 2.45) is 7.05 Å². The van der Waals surface area contributed by atoms with E-state index in [0.717, 1.165) is 15.9 Å². The van der Waals surface area contributed by atoms with Crippen molar-refractivity contribution in [2.45, 2.75) is 0 Å². The first-order valence-electron chi connectivity index (χ1n) is 6.96. The van der Waals surface area contributed by atoms with Crippen LogP contribution in [0.3, 0.4) is 0 Å². The maximum atomic E-state index is 12.3. The minimum atomic E-state index is -0.352. The molecule has 1 amide bonds. The van der Waals surface area contributed by atoms with E-state index in [2.05, 4.69) is 15.5 Å². The van der Waals surface area contributed by atoms with E-state index < -0.39 is 0 Å². The van der Waals surface area contributed by atoms with Gasteiger partial charge in [0.15, 0.2) is 11.5 Å².